The average Bonchev–Trinajstić information content (AvgIpc) is 2.18. The van der Waals surface area contributed by atoms with Crippen LogP contribution in [0.25, 0.3) is 0 Å². The Bertz CT molecular complexity index is 201. The summed E-state index contributed by atoms with van der Waals surface area (Å²) in [5.74, 6) is 1.22. The molecule has 2 atom stereocenters. The molecule has 3 heteroatoms. The Morgan fingerprint density at radius 1 is 1.43 bits per heavy atom. The highest BCUT2D eigenvalue weighted by Gasteiger charge is 2.20. The molecule has 0 radical (unpaired) electrons. The molecule has 0 aliphatic heterocycles. The van der Waals surface area contributed by atoms with E-state index in [0.717, 1.165) is 11.1 Å². The predicted molar refractivity (Wildman–Crippen MR) is 66.0 cm³/mol. The van der Waals surface area contributed by atoms with Gasteiger partial charge in [-0.05, 0) is 25.5 Å². The summed E-state index contributed by atoms with van der Waals surface area (Å²) in [6.45, 7) is 4.21. The van der Waals surface area contributed by atoms with Gasteiger partial charge in [0.2, 0.25) is 0 Å². The van der Waals surface area contributed by atoms with E-state index in [-0.39, 0.29) is 0 Å². The van der Waals surface area contributed by atoms with Gasteiger partial charge >= 0.3 is 0 Å². The SMILES string of the molecule is CSC1CCCC(N=C(N)C(C)C)C1. The molecule has 0 aromatic carbocycles. The summed E-state index contributed by atoms with van der Waals surface area (Å²) in [4.78, 5) is 4.61. The highest BCUT2D eigenvalue weighted by molar-refractivity contribution is 7.99. The van der Waals surface area contributed by atoms with Crippen molar-refractivity contribution in [2.45, 2.75) is 50.8 Å². The molecule has 1 aliphatic rings. The van der Waals surface area contributed by atoms with Crippen LogP contribution in [0.4, 0.5) is 0 Å². The zero-order valence-electron chi connectivity index (χ0n) is 9.49. The fourth-order valence-corrected chi connectivity index (χ4v) is 2.63. The van der Waals surface area contributed by atoms with E-state index < -0.39 is 0 Å². The molecular formula is C11H22N2S. The smallest absolute Gasteiger partial charge is 0.0966 e. The van der Waals surface area contributed by atoms with E-state index in [9.17, 15) is 0 Å². The minimum atomic E-state index is 0.393. The minimum absolute atomic E-state index is 0.393. The van der Waals surface area contributed by atoms with E-state index in [1.165, 1.54) is 25.7 Å². The Morgan fingerprint density at radius 3 is 2.71 bits per heavy atom. The molecule has 82 valence electrons. The van der Waals surface area contributed by atoms with Gasteiger partial charge in [-0.3, -0.25) is 4.99 Å². The van der Waals surface area contributed by atoms with Gasteiger partial charge in [0.1, 0.15) is 0 Å². The molecule has 1 aliphatic carbocycles. The van der Waals surface area contributed by atoms with Crippen LogP contribution < -0.4 is 5.73 Å². The van der Waals surface area contributed by atoms with Crippen LogP contribution in [0.1, 0.15) is 39.5 Å². The molecule has 0 amide bonds. The fourth-order valence-electron chi connectivity index (χ4n) is 1.81. The number of nitrogens with zero attached hydrogens (tertiary/aromatic N) is 1. The first kappa shape index (κ1) is 11.9. The molecule has 2 nitrogen and oxygen atoms in total. The van der Waals surface area contributed by atoms with Crippen molar-refractivity contribution in [3.8, 4) is 0 Å². The van der Waals surface area contributed by atoms with Crippen LogP contribution in [0.2, 0.25) is 0 Å². The second kappa shape index (κ2) is 5.64. The molecule has 0 saturated heterocycles. The van der Waals surface area contributed by atoms with E-state index >= 15 is 0 Å². The van der Waals surface area contributed by atoms with Crippen molar-refractivity contribution in [2.24, 2.45) is 16.6 Å². The van der Waals surface area contributed by atoms with Crippen molar-refractivity contribution >= 4 is 17.6 Å². The number of amidine groups is 1. The average molecular weight is 214 g/mol. The van der Waals surface area contributed by atoms with Gasteiger partial charge in [-0.2, -0.15) is 11.8 Å². The normalized spacial score (nSPS) is 29.6. The third-order valence-corrected chi connectivity index (χ3v) is 3.95. The Labute approximate surface area is 91.7 Å². The van der Waals surface area contributed by atoms with Gasteiger partial charge < -0.3 is 5.73 Å². The number of aliphatic imine (C=N–C) groups is 1. The Balaban J connectivity index is 2.48. The first-order valence-electron chi connectivity index (χ1n) is 5.49. The highest BCUT2D eigenvalue weighted by Crippen LogP contribution is 2.28. The minimum Gasteiger partial charge on any atom is -0.387 e. The molecule has 1 fully saturated rings. The standard InChI is InChI=1S/C11H22N2S/c1-8(2)11(12)13-9-5-4-6-10(7-9)14-3/h8-10H,4-7H2,1-3H3,(H2,12,13). The maximum atomic E-state index is 5.88. The van der Waals surface area contributed by atoms with Gasteiger partial charge in [0.15, 0.2) is 0 Å². The summed E-state index contributed by atoms with van der Waals surface area (Å²) in [5.41, 5.74) is 5.88. The molecule has 2 unspecified atom stereocenters. The summed E-state index contributed by atoms with van der Waals surface area (Å²) < 4.78 is 0. The van der Waals surface area contributed by atoms with Crippen LogP contribution in [0.3, 0.4) is 0 Å². The summed E-state index contributed by atoms with van der Waals surface area (Å²) in [6.07, 6.45) is 7.31. The van der Waals surface area contributed by atoms with E-state index in [0.29, 0.717) is 12.0 Å². The van der Waals surface area contributed by atoms with E-state index in [1.807, 2.05) is 11.8 Å². The van der Waals surface area contributed by atoms with Gasteiger partial charge in [0, 0.05) is 11.2 Å². The van der Waals surface area contributed by atoms with Crippen LogP contribution in [0, 0.1) is 5.92 Å². The highest BCUT2D eigenvalue weighted by atomic mass is 32.2. The third-order valence-electron chi connectivity index (χ3n) is 2.85. The van der Waals surface area contributed by atoms with Crippen molar-refractivity contribution in [2.75, 3.05) is 6.26 Å². The van der Waals surface area contributed by atoms with Crippen LogP contribution >= 0.6 is 11.8 Å². The molecule has 1 saturated carbocycles. The Hall–Kier alpha value is -0.180. The second-order valence-electron chi connectivity index (χ2n) is 4.39. The largest absolute Gasteiger partial charge is 0.387 e. The first-order chi connectivity index (χ1) is 6.63. The number of hydrogen-bond acceptors (Lipinski definition) is 2. The lowest BCUT2D eigenvalue weighted by atomic mass is 9.95. The van der Waals surface area contributed by atoms with E-state index in [4.69, 9.17) is 5.73 Å². The lowest BCUT2D eigenvalue weighted by Crippen LogP contribution is -2.26. The fraction of sp³-hybridized carbons (Fsp3) is 0.909. The number of thioether (sulfide) groups is 1. The summed E-state index contributed by atoms with van der Waals surface area (Å²) in [7, 11) is 0. The quantitative estimate of drug-likeness (QED) is 0.579. The van der Waals surface area contributed by atoms with Gasteiger partial charge in [-0.25, -0.2) is 0 Å². The number of rotatable bonds is 3. The molecule has 0 heterocycles. The molecule has 0 spiro atoms. The monoisotopic (exact) mass is 214 g/mol. The van der Waals surface area contributed by atoms with Crippen molar-refractivity contribution < 1.29 is 0 Å². The zero-order chi connectivity index (χ0) is 10.6. The topological polar surface area (TPSA) is 38.4 Å². The maximum absolute atomic E-state index is 5.88. The predicted octanol–water partition coefficient (Wildman–Crippen LogP) is 2.67. The molecule has 2 N–H and O–H groups in total. The van der Waals surface area contributed by atoms with Crippen LogP contribution in [-0.2, 0) is 0 Å². The lowest BCUT2D eigenvalue weighted by molar-refractivity contribution is 0.452. The van der Waals surface area contributed by atoms with Crippen molar-refractivity contribution in [3.05, 3.63) is 0 Å². The summed E-state index contributed by atoms with van der Waals surface area (Å²) >= 11 is 1.97. The van der Waals surface area contributed by atoms with Gasteiger partial charge in [0.25, 0.3) is 0 Å². The van der Waals surface area contributed by atoms with Gasteiger partial charge in [-0.15, -0.1) is 0 Å². The summed E-state index contributed by atoms with van der Waals surface area (Å²) in [6, 6.07) is 0.489. The second-order valence-corrected chi connectivity index (χ2v) is 5.52. The Morgan fingerprint density at radius 2 is 2.14 bits per heavy atom. The molecule has 0 bridgehead atoms. The molecular weight excluding hydrogens is 192 g/mol. The molecule has 14 heavy (non-hydrogen) atoms. The van der Waals surface area contributed by atoms with Crippen LogP contribution in [0.15, 0.2) is 4.99 Å². The van der Waals surface area contributed by atoms with Crippen LogP contribution in [-0.4, -0.2) is 23.4 Å². The lowest BCUT2D eigenvalue weighted by Gasteiger charge is -2.26. The third kappa shape index (κ3) is 3.52. The van der Waals surface area contributed by atoms with E-state index in [1.54, 1.807) is 0 Å². The molecule has 0 aromatic rings. The summed E-state index contributed by atoms with van der Waals surface area (Å²) in [5, 5.41) is 0.803. The van der Waals surface area contributed by atoms with E-state index in [2.05, 4.69) is 25.1 Å². The molecule has 1 rings (SSSR count). The van der Waals surface area contributed by atoms with Crippen molar-refractivity contribution in [1.29, 1.82) is 0 Å². The molecule has 0 aromatic heterocycles. The number of nitrogens with two attached hydrogens (primary N) is 1. The zero-order valence-corrected chi connectivity index (χ0v) is 10.3. The van der Waals surface area contributed by atoms with Gasteiger partial charge in [0.05, 0.1) is 11.9 Å². The number of hydrogen-bond donors (Lipinski definition) is 1. The van der Waals surface area contributed by atoms with Crippen molar-refractivity contribution in [1.82, 2.24) is 0 Å². The maximum Gasteiger partial charge on any atom is 0.0966 e. The Kier molecular flexibility index (Phi) is 4.79. The first-order valence-corrected chi connectivity index (χ1v) is 6.78. The van der Waals surface area contributed by atoms with Crippen molar-refractivity contribution in [3.63, 3.8) is 0 Å². The van der Waals surface area contributed by atoms with Gasteiger partial charge in [-0.1, -0.05) is 20.3 Å². The van der Waals surface area contributed by atoms with Crippen LogP contribution in [0.5, 0.6) is 0 Å².